The molecule has 2 aromatic heterocycles. The fraction of sp³-hybridized carbons (Fsp3) is 0.167. The molecule has 6 aromatic rings. The summed E-state index contributed by atoms with van der Waals surface area (Å²) in [5.41, 5.74) is 6.67. The number of halogens is 1. The average molecular weight is 621 g/mol. The van der Waals surface area contributed by atoms with E-state index >= 15 is 0 Å². The zero-order chi connectivity index (χ0) is 31.5. The van der Waals surface area contributed by atoms with Gasteiger partial charge in [0.15, 0.2) is 11.5 Å². The van der Waals surface area contributed by atoms with Crippen molar-refractivity contribution < 1.29 is 9.47 Å². The Labute approximate surface area is 265 Å². The maximum atomic E-state index is 13.7. The van der Waals surface area contributed by atoms with Crippen LogP contribution in [0.15, 0.2) is 101 Å². The van der Waals surface area contributed by atoms with Gasteiger partial charge < -0.3 is 9.47 Å². The second-order valence-corrected chi connectivity index (χ2v) is 11.3. The largest absolute Gasteiger partial charge is 0.490 e. The maximum Gasteiger partial charge on any atom is 0.268 e. The molecular weight excluding hydrogens is 588 g/mol. The monoisotopic (exact) mass is 620 g/mol. The van der Waals surface area contributed by atoms with Crippen LogP contribution in [-0.4, -0.2) is 27.0 Å². The van der Waals surface area contributed by atoms with Crippen molar-refractivity contribution in [1.82, 2.24) is 20.4 Å². The first-order valence-electron chi connectivity index (χ1n) is 14.7. The molecule has 0 aliphatic heterocycles. The molecule has 4 N–H and O–H groups in total. The van der Waals surface area contributed by atoms with Gasteiger partial charge >= 0.3 is 0 Å². The van der Waals surface area contributed by atoms with E-state index in [1.165, 1.54) is 0 Å². The van der Waals surface area contributed by atoms with Gasteiger partial charge in [-0.3, -0.25) is 30.0 Å². The molecule has 45 heavy (non-hydrogen) atoms. The van der Waals surface area contributed by atoms with E-state index in [9.17, 15) is 9.59 Å². The van der Waals surface area contributed by atoms with Crippen LogP contribution in [0.25, 0.3) is 22.5 Å². The molecule has 0 fully saturated rings. The summed E-state index contributed by atoms with van der Waals surface area (Å²) in [6.45, 7) is 6.53. The number of rotatable bonds is 10. The first-order valence-corrected chi connectivity index (χ1v) is 15.1. The van der Waals surface area contributed by atoms with Crippen LogP contribution in [0, 0.1) is 13.8 Å². The molecule has 9 heteroatoms. The van der Waals surface area contributed by atoms with Crippen LogP contribution in [0.1, 0.15) is 46.2 Å². The number of hydrogen-bond acceptors (Lipinski definition) is 4. The number of aromatic nitrogens is 4. The molecule has 0 saturated carbocycles. The summed E-state index contributed by atoms with van der Waals surface area (Å²) >= 11 is 6.37. The molecule has 0 radical (unpaired) electrons. The van der Waals surface area contributed by atoms with Crippen molar-refractivity contribution in [1.29, 1.82) is 0 Å². The van der Waals surface area contributed by atoms with Crippen LogP contribution in [-0.2, 0) is 6.61 Å². The van der Waals surface area contributed by atoms with Gasteiger partial charge in [-0.05, 0) is 55.7 Å². The number of hydrogen-bond donors (Lipinski definition) is 4. The quantitative estimate of drug-likeness (QED) is 0.127. The maximum absolute atomic E-state index is 13.7. The van der Waals surface area contributed by atoms with Gasteiger partial charge in [0, 0.05) is 16.5 Å². The van der Waals surface area contributed by atoms with E-state index in [4.69, 9.17) is 21.1 Å². The minimum atomic E-state index is -0.778. The zero-order valence-electron chi connectivity index (χ0n) is 25.2. The highest BCUT2D eigenvalue weighted by atomic mass is 35.5. The normalized spacial score (nSPS) is 11.2. The van der Waals surface area contributed by atoms with Crippen molar-refractivity contribution in [3.63, 3.8) is 0 Å². The second kappa shape index (κ2) is 12.8. The molecule has 0 spiro atoms. The molecule has 2 heterocycles. The number of aromatic amines is 4. The first kappa shape index (κ1) is 29.8. The number of H-pyrrole nitrogens is 4. The molecule has 0 unspecified atom stereocenters. The molecule has 0 amide bonds. The van der Waals surface area contributed by atoms with E-state index in [0.717, 1.165) is 27.8 Å². The van der Waals surface area contributed by atoms with E-state index in [-0.39, 0.29) is 17.7 Å². The van der Waals surface area contributed by atoms with Crippen LogP contribution in [0.2, 0.25) is 5.02 Å². The van der Waals surface area contributed by atoms with E-state index in [0.29, 0.717) is 51.2 Å². The summed E-state index contributed by atoms with van der Waals surface area (Å²) in [5.74, 6) is 0.224. The summed E-state index contributed by atoms with van der Waals surface area (Å²) in [5, 5.41) is 12.3. The van der Waals surface area contributed by atoms with Crippen LogP contribution >= 0.6 is 11.6 Å². The predicted octanol–water partition coefficient (Wildman–Crippen LogP) is 7.48. The summed E-state index contributed by atoms with van der Waals surface area (Å²) in [7, 11) is 0. The third-order valence-corrected chi connectivity index (χ3v) is 8.20. The highest BCUT2D eigenvalue weighted by Gasteiger charge is 2.32. The van der Waals surface area contributed by atoms with Crippen molar-refractivity contribution in [2.24, 2.45) is 0 Å². The van der Waals surface area contributed by atoms with Crippen LogP contribution in [0.5, 0.6) is 11.5 Å². The van der Waals surface area contributed by atoms with Gasteiger partial charge in [-0.15, -0.1) is 0 Å². The number of benzene rings is 4. The summed E-state index contributed by atoms with van der Waals surface area (Å²) in [4.78, 5) is 27.4. The Morgan fingerprint density at radius 3 is 1.76 bits per heavy atom. The van der Waals surface area contributed by atoms with E-state index in [1.54, 1.807) is 0 Å². The van der Waals surface area contributed by atoms with Gasteiger partial charge in [-0.25, -0.2) is 0 Å². The molecule has 4 aromatic carbocycles. The fourth-order valence-corrected chi connectivity index (χ4v) is 5.71. The lowest BCUT2D eigenvalue weighted by Gasteiger charge is -2.20. The lowest BCUT2D eigenvalue weighted by molar-refractivity contribution is 0.269. The van der Waals surface area contributed by atoms with Crippen LogP contribution in [0.3, 0.4) is 0 Å². The molecule has 0 aliphatic carbocycles. The van der Waals surface area contributed by atoms with Crippen LogP contribution in [0.4, 0.5) is 0 Å². The minimum Gasteiger partial charge on any atom is -0.490 e. The van der Waals surface area contributed by atoms with Gasteiger partial charge in [0.05, 0.1) is 29.1 Å². The highest BCUT2D eigenvalue weighted by Crippen LogP contribution is 2.41. The molecule has 6 rings (SSSR count). The number of ether oxygens (including phenoxy) is 2. The van der Waals surface area contributed by atoms with Crippen LogP contribution < -0.4 is 20.6 Å². The van der Waals surface area contributed by atoms with E-state index in [1.807, 2.05) is 112 Å². The van der Waals surface area contributed by atoms with Gasteiger partial charge in [0.25, 0.3) is 11.1 Å². The van der Waals surface area contributed by atoms with Gasteiger partial charge in [0.2, 0.25) is 0 Å². The summed E-state index contributed by atoms with van der Waals surface area (Å²) < 4.78 is 12.2. The molecule has 228 valence electrons. The average Bonchev–Trinajstić information content (AvgIpc) is 3.61. The lowest BCUT2D eigenvalue weighted by Crippen LogP contribution is -2.20. The Morgan fingerprint density at radius 2 is 1.22 bits per heavy atom. The Balaban J connectivity index is 1.53. The smallest absolute Gasteiger partial charge is 0.268 e. The fourth-order valence-electron chi connectivity index (χ4n) is 5.52. The predicted molar refractivity (Wildman–Crippen MR) is 178 cm³/mol. The minimum absolute atomic E-state index is 0.243. The zero-order valence-corrected chi connectivity index (χ0v) is 25.9. The third-order valence-electron chi connectivity index (χ3n) is 7.83. The van der Waals surface area contributed by atoms with Crippen molar-refractivity contribution in [2.75, 3.05) is 6.61 Å². The lowest BCUT2D eigenvalue weighted by atomic mass is 9.83. The Kier molecular flexibility index (Phi) is 8.49. The van der Waals surface area contributed by atoms with Crippen molar-refractivity contribution in [2.45, 2.75) is 33.3 Å². The van der Waals surface area contributed by atoms with Gasteiger partial charge in [-0.2, -0.15) is 0 Å². The molecular formula is C36H33ClN4O4. The molecule has 0 saturated heterocycles. The van der Waals surface area contributed by atoms with Crippen molar-refractivity contribution in [3.8, 4) is 34.0 Å². The Hall–Kier alpha value is -5.21. The topological polar surface area (TPSA) is 116 Å². The Bertz CT molecular complexity index is 1960. The summed E-state index contributed by atoms with van der Waals surface area (Å²) in [6, 6.07) is 28.8. The van der Waals surface area contributed by atoms with Crippen molar-refractivity contribution in [3.05, 3.63) is 150 Å². The van der Waals surface area contributed by atoms with Gasteiger partial charge in [-0.1, -0.05) is 95.5 Å². The SMILES string of the molecule is CCOc1cc(C(c2c(-c3ccc(C)cc3)[nH][nH]c2=O)c2c(-c3ccc(C)cc3)[nH][nH]c2=O)ccc1OCc1ccccc1Cl. The standard InChI is InChI=1S/C36H33ClN4O4/c1-4-44-29-19-25(17-18-28(29)45-20-26-7-5-6-8-27(26)37)30(31-33(38-40-35(31)42)23-13-9-21(2)10-14-23)32-34(39-41-36(32)43)24-15-11-22(3)12-16-24/h5-19,30H,4,20H2,1-3H3,(H2,38,40,42)(H2,39,41,43). The molecule has 8 nitrogen and oxygen atoms in total. The number of nitrogens with one attached hydrogen (secondary N) is 4. The Morgan fingerprint density at radius 1 is 0.667 bits per heavy atom. The number of aryl methyl sites for hydroxylation is 2. The second-order valence-electron chi connectivity index (χ2n) is 10.9. The first-order chi connectivity index (χ1) is 21.8. The molecule has 0 bridgehead atoms. The molecule has 0 atom stereocenters. The third kappa shape index (κ3) is 6.10. The highest BCUT2D eigenvalue weighted by molar-refractivity contribution is 6.31. The van der Waals surface area contributed by atoms with E-state index < -0.39 is 5.92 Å². The summed E-state index contributed by atoms with van der Waals surface area (Å²) in [6.07, 6.45) is 0. The van der Waals surface area contributed by atoms with E-state index in [2.05, 4.69) is 20.4 Å². The molecule has 0 aliphatic rings. The van der Waals surface area contributed by atoms with Gasteiger partial charge in [0.1, 0.15) is 6.61 Å². The van der Waals surface area contributed by atoms with Crippen molar-refractivity contribution >= 4 is 11.6 Å².